The van der Waals surface area contributed by atoms with Crippen LogP contribution in [0.1, 0.15) is 25.8 Å². The van der Waals surface area contributed by atoms with E-state index in [2.05, 4.69) is 47.2 Å². The molecule has 1 saturated heterocycles. The summed E-state index contributed by atoms with van der Waals surface area (Å²) in [6.07, 6.45) is 3.34. The molecule has 0 bridgehead atoms. The molecule has 1 fully saturated rings. The van der Waals surface area contributed by atoms with Crippen molar-refractivity contribution in [3.8, 4) is 0 Å². The molecule has 0 aromatic heterocycles. The Bertz CT molecular complexity index is 452. The molecule has 2 rings (SSSR count). The second kappa shape index (κ2) is 5.13. The van der Waals surface area contributed by atoms with Crippen LogP contribution < -0.4 is 5.32 Å². The van der Waals surface area contributed by atoms with Gasteiger partial charge in [-0.25, -0.2) is 0 Å². The number of rotatable bonds is 1. The molecule has 92 valence electrons. The summed E-state index contributed by atoms with van der Waals surface area (Å²) >= 11 is 9.68. The summed E-state index contributed by atoms with van der Waals surface area (Å²) in [6.45, 7) is 6.64. The quantitative estimate of drug-likeness (QED) is 0.804. The summed E-state index contributed by atoms with van der Waals surface area (Å²) in [4.78, 5) is 0. The van der Waals surface area contributed by atoms with Crippen LogP contribution in [0.4, 0.5) is 0 Å². The molecular weight excluding hydrogens is 298 g/mol. The molecule has 1 heterocycles. The average molecular weight is 315 g/mol. The van der Waals surface area contributed by atoms with Crippen LogP contribution in [0, 0.1) is 5.41 Å². The zero-order valence-electron chi connectivity index (χ0n) is 10.2. The number of benzene rings is 1. The third kappa shape index (κ3) is 3.12. The zero-order valence-corrected chi connectivity index (χ0v) is 12.5. The smallest absolute Gasteiger partial charge is 0.0489 e. The molecule has 0 radical (unpaired) electrons. The average Bonchev–Trinajstić information content (AvgIpc) is 2.24. The van der Waals surface area contributed by atoms with E-state index < -0.39 is 0 Å². The maximum Gasteiger partial charge on any atom is 0.0489 e. The molecule has 1 aromatic carbocycles. The fourth-order valence-electron chi connectivity index (χ4n) is 2.15. The van der Waals surface area contributed by atoms with Crippen molar-refractivity contribution in [3.63, 3.8) is 0 Å². The monoisotopic (exact) mass is 313 g/mol. The number of piperidine rings is 1. The minimum Gasteiger partial charge on any atom is -0.316 e. The van der Waals surface area contributed by atoms with Gasteiger partial charge in [0.15, 0.2) is 0 Å². The molecular formula is C14H17BrClN. The van der Waals surface area contributed by atoms with Crippen LogP contribution in [0.15, 0.2) is 28.2 Å². The molecule has 1 aliphatic heterocycles. The Morgan fingerprint density at radius 3 is 2.82 bits per heavy atom. The fourth-order valence-corrected chi connectivity index (χ4v) is 2.88. The Labute approximate surface area is 116 Å². The predicted octanol–water partition coefficient (Wildman–Crippen LogP) is 4.51. The van der Waals surface area contributed by atoms with Gasteiger partial charge in [-0.05, 0) is 36.1 Å². The van der Waals surface area contributed by atoms with Crippen molar-refractivity contribution in [2.75, 3.05) is 13.1 Å². The van der Waals surface area contributed by atoms with Gasteiger partial charge >= 0.3 is 0 Å². The summed E-state index contributed by atoms with van der Waals surface area (Å²) in [6, 6.07) is 6.05. The van der Waals surface area contributed by atoms with Crippen LogP contribution in [0.3, 0.4) is 0 Å². The van der Waals surface area contributed by atoms with E-state index in [-0.39, 0.29) is 5.41 Å². The fraction of sp³-hybridized carbons (Fsp3) is 0.429. The molecule has 0 spiro atoms. The van der Waals surface area contributed by atoms with E-state index in [0.717, 1.165) is 34.6 Å². The van der Waals surface area contributed by atoms with Crippen LogP contribution in [-0.2, 0) is 0 Å². The number of hydrogen-bond donors (Lipinski definition) is 1. The van der Waals surface area contributed by atoms with Gasteiger partial charge in [0.2, 0.25) is 0 Å². The lowest BCUT2D eigenvalue weighted by atomic mass is 9.79. The predicted molar refractivity (Wildman–Crippen MR) is 78.4 cm³/mol. The highest BCUT2D eigenvalue weighted by atomic mass is 79.9. The van der Waals surface area contributed by atoms with Crippen LogP contribution in [-0.4, -0.2) is 13.1 Å². The molecule has 1 nitrogen and oxygen atoms in total. The van der Waals surface area contributed by atoms with Crippen molar-refractivity contribution in [1.29, 1.82) is 0 Å². The first-order valence-corrected chi connectivity index (χ1v) is 7.03. The topological polar surface area (TPSA) is 12.0 Å². The zero-order chi connectivity index (χ0) is 12.5. The van der Waals surface area contributed by atoms with Crippen LogP contribution >= 0.6 is 27.5 Å². The van der Waals surface area contributed by atoms with Crippen molar-refractivity contribution in [1.82, 2.24) is 5.32 Å². The largest absolute Gasteiger partial charge is 0.316 e. The van der Waals surface area contributed by atoms with Gasteiger partial charge in [0, 0.05) is 16.0 Å². The SMILES string of the molecule is CC1(C)CNCC/C1=C\c1ccc(Br)cc1Cl. The van der Waals surface area contributed by atoms with Crippen molar-refractivity contribution >= 4 is 33.6 Å². The van der Waals surface area contributed by atoms with E-state index in [9.17, 15) is 0 Å². The second-order valence-corrected chi connectivity index (χ2v) is 6.47. The molecule has 0 atom stereocenters. The van der Waals surface area contributed by atoms with Crippen molar-refractivity contribution in [2.24, 2.45) is 5.41 Å². The van der Waals surface area contributed by atoms with Gasteiger partial charge in [-0.2, -0.15) is 0 Å². The highest BCUT2D eigenvalue weighted by Gasteiger charge is 2.26. The normalized spacial score (nSPS) is 21.8. The molecule has 0 unspecified atom stereocenters. The Hall–Kier alpha value is -0.310. The molecule has 1 aromatic rings. The van der Waals surface area contributed by atoms with Crippen LogP contribution in [0.2, 0.25) is 5.02 Å². The molecule has 17 heavy (non-hydrogen) atoms. The van der Waals surface area contributed by atoms with Gasteiger partial charge in [-0.15, -0.1) is 0 Å². The number of halogens is 2. The lowest BCUT2D eigenvalue weighted by molar-refractivity contribution is 0.360. The highest BCUT2D eigenvalue weighted by molar-refractivity contribution is 9.10. The highest BCUT2D eigenvalue weighted by Crippen LogP contribution is 2.34. The van der Waals surface area contributed by atoms with Gasteiger partial charge in [-0.3, -0.25) is 0 Å². The summed E-state index contributed by atoms with van der Waals surface area (Å²) in [5.41, 5.74) is 2.80. The Balaban J connectivity index is 2.34. The third-order valence-corrected chi connectivity index (χ3v) is 4.12. The Morgan fingerprint density at radius 2 is 2.18 bits per heavy atom. The first-order valence-electron chi connectivity index (χ1n) is 5.86. The van der Waals surface area contributed by atoms with Crippen LogP contribution in [0.5, 0.6) is 0 Å². The molecule has 3 heteroatoms. The minimum absolute atomic E-state index is 0.217. The number of hydrogen-bond acceptors (Lipinski definition) is 1. The van der Waals surface area contributed by atoms with Gasteiger partial charge in [0.25, 0.3) is 0 Å². The van der Waals surface area contributed by atoms with E-state index in [4.69, 9.17) is 11.6 Å². The molecule has 0 saturated carbocycles. The van der Waals surface area contributed by atoms with E-state index in [1.807, 2.05) is 12.1 Å². The molecule has 1 aliphatic rings. The van der Waals surface area contributed by atoms with Gasteiger partial charge in [0.05, 0.1) is 0 Å². The number of nitrogens with one attached hydrogen (secondary N) is 1. The maximum atomic E-state index is 6.25. The standard InChI is InChI=1S/C14H17BrClN/c1-14(2)9-17-6-5-11(14)7-10-3-4-12(15)8-13(10)16/h3-4,7-8,17H,5-6,9H2,1-2H3/b11-7+. The molecule has 0 aliphatic carbocycles. The third-order valence-electron chi connectivity index (χ3n) is 3.30. The summed E-state index contributed by atoms with van der Waals surface area (Å²) < 4.78 is 1.02. The first-order chi connectivity index (χ1) is 7.99. The summed E-state index contributed by atoms with van der Waals surface area (Å²) in [5.74, 6) is 0. The van der Waals surface area contributed by atoms with Crippen molar-refractivity contribution < 1.29 is 0 Å². The van der Waals surface area contributed by atoms with Crippen molar-refractivity contribution in [3.05, 3.63) is 38.8 Å². The van der Waals surface area contributed by atoms with Crippen LogP contribution in [0.25, 0.3) is 6.08 Å². The van der Waals surface area contributed by atoms with E-state index in [1.165, 1.54) is 5.57 Å². The molecule has 0 amide bonds. The molecule has 1 N–H and O–H groups in total. The first kappa shape index (κ1) is 13.1. The van der Waals surface area contributed by atoms with Gasteiger partial charge < -0.3 is 5.32 Å². The van der Waals surface area contributed by atoms with E-state index in [1.54, 1.807) is 0 Å². The van der Waals surface area contributed by atoms with Gasteiger partial charge in [0.1, 0.15) is 0 Å². The second-order valence-electron chi connectivity index (χ2n) is 5.15. The Kier molecular flexibility index (Phi) is 3.96. The van der Waals surface area contributed by atoms with E-state index in [0.29, 0.717) is 0 Å². The van der Waals surface area contributed by atoms with E-state index >= 15 is 0 Å². The van der Waals surface area contributed by atoms with Gasteiger partial charge in [-0.1, -0.05) is 59.1 Å². The van der Waals surface area contributed by atoms with Crippen molar-refractivity contribution in [2.45, 2.75) is 20.3 Å². The summed E-state index contributed by atoms with van der Waals surface area (Å²) in [7, 11) is 0. The summed E-state index contributed by atoms with van der Waals surface area (Å²) in [5, 5.41) is 4.24. The maximum absolute atomic E-state index is 6.25. The minimum atomic E-state index is 0.217. The lowest BCUT2D eigenvalue weighted by Gasteiger charge is -2.33. The lowest BCUT2D eigenvalue weighted by Crippen LogP contribution is -2.37. The Morgan fingerprint density at radius 1 is 1.41 bits per heavy atom.